The molecular formula is C23H30N8O2S. The Hall–Kier alpha value is -3.21. The van der Waals surface area contributed by atoms with Gasteiger partial charge in [0.05, 0.1) is 11.8 Å². The molecule has 1 aliphatic carbocycles. The lowest BCUT2D eigenvalue weighted by atomic mass is 10.0. The zero-order chi connectivity index (χ0) is 23.8. The molecule has 1 saturated heterocycles. The van der Waals surface area contributed by atoms with E-state index in [1.54, 1.807) is 42.2 Å². The van der Waals surface area contributed by atoms with E-state index < -0.39 is 0 Å². The van der Waals surface area contributed by atoms with Crippen molar-refractivity contribution in [2.24, 2.45) is 5.92 Å². The molecule has 2 fully saturated rings. The van der Waals surface area contributed by atoms with Gasteiger partial charge in [0.15, 0.2) is 5.82 Å². The normalized spacial score (nSPS) is 17.6. The molecule has 4 heterocycles. The van der Waals surface area contributed by atoms with Gasteiger partial charge in [-0.3, -0.25) is 4.79 Å². The lowest BCUT2D eigenvalue weighted by Gasteiger charge is -2.32. The van der Waals surface area contributed by atoms with Gasteiger partial charge in [-0.1, -0.05) is 0 Å². The number of carbonyl (C=O) groups excluding carboxylic acids is 2. The molecule has 10 nitrogen and oxygen atoms in total. The third-order valence-electron chi connectivity index (χ3n) is 6.54. The summed E-state index contributed by atoms with van der Waals surface area (Å²) in [6.07, 6.45) is 7.51. The SMILES string of the molecule is CC(Nc1cc(C(=O)N2CCC(NC(=O)N(C)C)CC2)nc(-c2cnn3ccsc23)n1)C1CC1. The number of hydrogen-bond acceptors (Lipinski definition) is 7. The van der Waals surface area contributed by atoms with Gasteiger partial charge in [-0.15, -0.1) is 11.3 Å². The van der Waals surface area contributed by atoms with Gasteiger partial charge in [0.25, 0.3) is 5.91 Å². The monoisotopic (exact) mass is 482 g/mol. The maximum atomic E-state index is 13.5. The van der Waals surface area contributed by atoms with Crippen molar-refractivity contribution in [2.45, 2.75) is 44.7 Å². The molecule has 3 aromatic rings. The molecule has 34 heavy (non-hydrogen) atoms. The molecule has 2 N–H and O–H groups in total. The van der Waals surface area contributed by atoms with Gasteiger partial charge >= 0.3 is 6.03 Å². The van der Waals surface area contributed by atoms with Gasteiger partial charge in [0, 0.05) is 56.9 Å². The topological polar surface area (TPSA) is 108 Å². The number of piperidine rings is 1. The quantitative estimate of drug-likeness (QED) is 0.559. The van der Waals surface area contributed by atoms with E-state index in [-0.39, 0.29) is 24.0 Å². The van der Waals surface area contributed by atoms with E-state index in [4.69, 9.17) is 4.98 Å². The third-order valence-corrected chi connectivity index (χ3v) is 7.43. The third kappa shape index (κ3) is 4.70. The average Bonchev–Trinajstić information content (AvgIpc) is 3.45. The molecule has 1 unspecified atom stereocenters. The van der Waals surface area contributed by atoms with Crippen molar-refractivity contribution >= 4 is 33.9 Å². The summed E-state index contributed by atoms with van der Waals surface area (Å²) < 4.78 is 1.80. The molecule has 1 saturated carbocycles. The fraction of sp³-hybridized carbons (Fsp3) is 0.522. The van der Waals surface area contributed by atoms with E-state index in [9.17, 15) is 9.59 Å². The Labute approximate surface area is 202 Å². The highest BCUT2D eigenvalue weighted by Crippen LogP contribution is 2.34. The highest BCUT2D eigenvalue weighted by molar-refractivity contribution is 7.16. The highest BCUT2D eigenvalue weighted by atomic mass is 32.1. The van der Waals surface area contributed by atoms with Gasteiger partial charge < -0.3 is 20.4 Å². The molecule has 3 aromatic heterocycles. The smallest absolute Gasteiger partial charge is 0.317 e. The van der Waals surface area contributed by atoms with E-state index in [1.807, 2.05) is 16.5 Å². The van der Waals surface area contributed by atoms with Gasteiger partial charge in [0.2, 0.25) is 0 Å². The number of likely N-dealkylation sites (tertiary alicyclic amines) is 1. The number of carbonyl (C=O) groups is 2. The molecule has 1 atom stereocenters. The summed E-state index contributed by atoms with van der Waals surface area (Å²) in [4.78, 5) is 39.1. The minimum atomic E-state index is -0.113. The maximum absolute atomic E-state index is 13.5. The number of hydrogen-bond donors (Lipinski definition) is 2. The van der Waals surface area contributed by atoms with Crippen molar-refractivity contribution in [1.29, 1.82) is 0 Å². The van der Waals surface area contributed by atoms with E-state index >= 15 is 0 Å². The lowest BCUT2D eigenvalue weighted by molar-refractivity contribution is 0.0701. The van der Waals surface area contributed by atoms with Crippen LogP contribution >= 0.6 is 11.3 Å². The maximum Gasteiger partial charge on any atom is 0.317 e. The van der Waals surface area contributed by atoms with Crippen LogP contribution < -0.4 is 10.6 Å². The second-order valence-corrected chi connectivity index (χ2v) is 10.2. The minimum Gasteiger partial charge on any atom is -0.367 e. The number of rotatable bonds is 6. The largest absolute Gasteiger partial charge is 0.367 e. The van der Waals surface area contributed by atoms with Crippen molar-refractivity contribution in [2.75, 3.05) is 32.5 Å². The second-order valence-electron chi connectivity index (χ2n) is 9.35. The van der Waals surface area contributed by atoms with E-state index in [1.165, 1.54) is 17.7 Å². The Kier molecular flexibility index (Phi) is 6.11. The van der Waals surface area contributed by atoms with Crippen LogP contribution in [-0.2, 0) is 0 Å². The van der Waals surface area contributed by atoms with Crippen molar-refractivity contribution in [1.82, 2.24) is 34.7 Å². The fourth-order valence-corrected chi connectivity index (χ4v) is 5.06. The number of anilines is 1. The molecular weight excluding hydrogens is 452 g/mol. The Morgan fingerprint density at radius 1 is 1.18 bits per heavy atom. The zero-order valence-corrected chi connectivity index (χ0v) is 20.5. The fourth-order valence-electron chi connectivity index (χ4n) is 4.27. The standard InChI is InChI=1S/C23H30N8O2S/c1-14(15-4-5-15)25-19-12-18(27-20(28-19)17-13-24-31-10-11-34-22(17)31)21(32)30-8-6-16(7-9-30)26-23(33)29(2)3/h10-16H,4-9H2,1-3H3,(H,26,33)(H,25,27,28). The summed E-state index contributed by atoms with van der Waals surface area (Å²) in [6, 6.07) is 2.01. The Morgan fingerprint density at radius 3 is 2.65 bits per heavy atom. The van der Waals surface area contributed by atoms with Crippen LogP contribution in [0.1, 0.15) is 43.1 Å². The minimum absolute atomic E-state index is 0.0658. The highest BCUT2D eigenvalue weighted by Gasteiger charge is 2.30. The van der Waals surface area contributed by atoms with Gasteiger partial charge in [-0.2, -0.15) is 5.10 Å². The number of fused-ring (bicyclic) bond motifs is 1. The molecule has 3 amide bonds. The van der Waals surface area contributed by atoms with Crippen LogP contribution in [0.3, 0.4) is 0 Å². The number of thiazole rings is 1. The molecule has 2 aliphatic rings. The summed E-state index contributed by atoms with van der Waals surface area (Å²) >= 11 is 1.57. The molecule has 5 rings (SSSR count). The molecule has 0 spiro atoms. The van der Waals surface area contributed by atoms with Crippen LogP contribution in [-0.4, -0.2) is 80.6 Å². The van der Waals surface area contributed by atoms with Crippen molar-refractivity contribution in [3.05, 3.63) is 29.5 Å². The van der Waals surface area contributed by atoms with Crippen molar-refractivity contribution < 1.29 is 9.59 Å². The molecule has 0 radical (unpaired) electrons. The van der Waals surface area contributed by atoms with Crippen LogP contribution in [0.2, 0.25) is 0 Å². The average molecular weight is 483 g/mol. The number of urea groups is 1. The predicted molar refractivity (Wildman–Crippen MR) is 131 cm³/mol. The summed E-state index contributed by atoms with van der Waals surface area (Å²) in [7, 11) is 3.45. The van der Waals surface area contributed by atoms with Crippen LogP contribution in [0.25, 0.3) is 16.2 Å². The molecule has 11 heteroatoms. The predicted octanol–water partition coefficient (Wildman–Crippen LogP) is 2.94. The van der Waals surface area contributed by atoms with E-state index in [2.05, 4.69) is 27.6 Å². The van der Waals surface area contributed by atoms with Crippen LogP contribution in [0.4, 0.5) is 10.6 Å². The first-order chi connectivity index (χ1) is 16.4. The van der Waals surface area contributed by atoms with Crippen LogP contribution in [0.5, 0.6) is 0 Å². The number of nitrogens with one attached hydrogen (secondary N) is 2. The first-order valence-corrected chi connectivity index (χ1v) is 12.6. The van der Waals surface area contributed by atoms with Crippen molar-refractivity contribution in [3.63, 3.8) is 0 Å². The molecule has 0 aromatic carbocycles. The number of nitrogens with zero attached hydrogens (tertiary/aromatic N) is 6. The van der Waals surface area contributed by atoms with E-state index in [0.29, 0.717) is 49.2 Å². The number of amides is 3. The summed E-state index contributed by atoms with van der Waals surface area (Å²) in [5.74, 6) is 1.70. The summed E-state index contributed by atoms with van der Waals surface area (Å²) in [5.41, 5.74) is 1.19. The lowest BCUT2D eigenvalue weighted by Crippen LogP contribution is -2.48. The number of aromatic nitrogens is 4. The van der Waals surface area contributed by atoms with Crippen LogP contribution in [0, 0.1) is 5.92 Å². The Balaban J connectivity index is 1.37. The Bertz CT molecular complexity index is 1190. The molecule has 0 bridgehead atoms. The van der Waals surface area contributed by atoms with Gasteiger partial charge in [-0.25, -0.2) is 19.3 Å². The van der Waals surface area contributed by atoms with Crippen molar-refractivity contribution in [3.8, 4) is 11.4 Å². The molecule has 1 aliphatic heterocycles. The van der Waals surface area contributed by atoms with Gasteiger partial charge in [0.1, 0.15) is 16.3 Å². The Morgan fingerprint density at radius 2 is 1.94 bits per heavy atom. The van der Waals surface area contributed by atoms with E-state index in [0.717, 1.165) is 10.4 Å². The summed E-state index contributed by atoms with van der Waals surface area (Å²) in [5, 5.41) is 12.9. The first-order valence-electron chi connectivity index (χ1n) is 11.7. The molecule has 180 valence electrons. The first kappa shape index (κ1) is 22.6. The summed E-state index contributed by atoms with van der Waals surface area (Å²) in [6.45, 7) is 3.30. The van der Waals surface area contributed by atoms with Gasteiger partial charge in [-0.05, 0) is 38.5 Å². The second kappa shape index (κ2) is 9.21. The van der Waals surface area contributed by atoms with Crippen LogP contribution in [0.15, 0.2) is 23.8 Å². The zero-order valence-electron chi connectivity index (χ0n) is 19.7.